The smallest absolute Gasteiger partial charge is 0.341 e. The van der Waals surface area contributed by atoms with Gasteiger partial charge >= 0.3 is 5.97 Å². The molecule has 1 aliphatic carbocycles. The molecule has 0 radical (unpaired) electrons. The fourth-order valence-corrected chi connectivity index (χ4v) is 11.1. The lowest BCUT2D eigenvalue weighted by Gasteiger charge is -2.54. The van der Waals surface area contributed by atoms with Gasteiger partial charge in [-0.25, -0.2) is 14.8 Å². The van der Waals surface area contributed by atoms with Crippen LogP contribution in [0.4, 0.5) is 11.5 Å². The fourth-order valence-electron chi connectivity index (χ4n) is 11.1. The number of aromatic nitrogens is 2. The van der Waals surface area contributed by atoms with E-state index in [9.17, 15) is 28.8 Å². The number of hydrogen-bond acceptors (Lipinski definition) is 14. The molecule has 17 nitrogen and oxygen atoms in total. The van der Waals surface area contributed by atoms with Crippen molar-refractivity contribution in [3.05, 3.63) is 71.7 Å². The van der Waals surface area contributed by atoms with Gasteiger partial charge in [-0.3, -0.25) is 39.1 Å². The Hall–Kier alpha value is -5.94. The molecule has 6 aliphatic rings. The van der Waals surface area contributed by atoms with Crippen molar-refractivity contribution in [1.82, 2.24) is 35.3 Å². The molecular formula is C50H63N9O8. The monoisotopic (exact) mass is 917 g/mol. The van der Waals surface area contributed by atoms with E-state index in [4.69, 9.17) is 9.47 Å². The van der Waals surface area contributed by atoms with Crippen LogP contribution < -0.4 is 25.2 Å². The number of likely N-dealkylation sites (tertiary alicyclic amines) is 1. The lowest BCUT2D eigenvalue weighted by atomic mass is 9.71. The average Bonchev–Trinajstić information content (AvgIpc) is 3.59. The van der Waals surface area contributed by atoms with Gasteiger partial charge in [-0.1, -0.05) is 31.0 Å². The second-order valence-corrected chi connectivity index (χ2v) is 19.4. The number of para-hydroxylation sites is 1. The highest BCUT2D eigenvalue weighted by molar-refractivity contribution is 6.25. The maximum Gasteiger partial charge on any atom is 0.341 e. The van der Waals surface area contributed by atoms with E-state index < -0.39 is 35.6 Å². The molecule has 9 rings (SSSR count). The predicted octanol–water partition coefficient (Wildman–Crippen LogP) is 4.81. The van der Waals surface area contributed by atoms with Gasteiger partial charge in [0, 0.05) is 70.1 Å². The first kappa shape index (κ1) is 46.2. The summed E-state index contributed by atoms with van der Waals surface area (Å²) in [5.41, 5.74) is 2.00. The number of piperidine rings is 2. The van der Waals surface area contributed by atoms with Crippen LogP contribution in [0.5, 0.6) is 11.5 Å². The van der Waals surface area contributed by atoms with Crippen LogP contribution in [0.3, 0.4) is 0 Å². The summed E-state index contributed by atoms with van der Waals surface area (Å²) >= 11 is 0. The molecule has 4 saturated heterocycles. The number of rotatable bonds is 16. The van der Waals surface area contributed by atoms with Gasteiger partial charge < -0.3 is 29.5 Å². The van der Waals surface area contributed by atoms with E-state index in [1.54, 1.807) is 42.9 Å². The number of imide groups is 2. The standard InChI is InChI=1S/C50H63N9O8/c1-66-49(65)36-9-5-6-12-40(36)67-41-29-51-33-52-45(41)58-31-50(32-58)20-23-56(24-21-50)30-34-14-16-35(17-15-34)53-42(60)13-4-2-3-7-22-55-25-27-57(28-26-55)38-11-8-10-37-44(38)48(64)59(47(37)63)39-18-19-43(61)54-46(39)62/h5-6,8-12,29,33-35,39H,2-4,7,13-28,30-32H2,1H3,(H,53,60)(H,54,61,62). The number of fused-ring (bicyclic) bond motifs is 1. The van der Waals surface area contributed by atoms with Gasteiger partial charge in [0.2, 0.25) is 17.7 Å². The Morgan fingerprint density at radius 3 is 2.33 bits per heavy atom. The van der Waals surface area contributed by atoms with Gasteiger partial charge in [-0.2, -0.15) is 0 Å². The zero-order valence-electron chi connectivity index (χ0n) is 38.6. The normalized spacial score (nSPS) is 23.2. The molecule has 67 heavy (non-hydrogen) atoms. The summed E-state index contributed by atoms with van der Waals surface area (Å²) in [5, 5.41) is 5.60. The van der Waals surface area contributed by atoms with E-state index in [0.29, 0.717) is 40.5 Å². The number of esters is 1. The topological polar surface area (TPSA) is 187 Å². The number of amides is 5. The summed E-state index contributed by atoms with van der Waals surface area (Å²) in [6.45, 7) is 9.27. The highest BCUT2D eigenvalue weighted by atomic mass is 16.5. The molecule has 356 valence electrons. The van der Waals surface area contributed by atoms with Crippen molar-refractivity contribution >= 4 is 47.0 Å². The van der Waals surface area contributed by atoms with Crippen LogP contribution in [0.15, 0.2) is 55.0 Å². The first-order chi connectivity index (χ1) is 32.6. The Bertz CT molecular complexity index is 2330. The molecule has 6 heterocycles. The minimum Gasteiger partial charge on any atom is -0.465 e. The summed E-state index contributed by atoms with van der Waals surface area (Å²) < 4.78 is 11.1. The molecule has 5 amide bonds. The maximum atomic E-state index is 13.6. The largest absolute Gasteiger partial charge is 0.465 e. The van der Waals surface area contributed by atoms with Gasteiger partial charge in [0.05, 0.1) is 30.1 Å². The third-order valence-electron chi connectivity index (χ3n) is 15.0. The van der Waals surface area contributed by atoms with Crippen molar-refractivity contribution in [3.63, 3.8) is 0 Å². The number of carbonyl (C=O) groups is 6. The van der Waals surface area contributed by atoms with Crippen LogP contribution in [0.25, 0.3) is 0 Å². The fraction of sp³-hybridized carbons (Fsp3) is 0.560. The summed E-state index contributed by atoms with van der Waals surface area (Å²) in [4.78, 5) is 95.6. The van der Waals surface area contributed by atoms with Crippen molar-refractivity contribution in [3.8, 4) is 11.5 Å². The van der Waals surface area contributed by atoms with Gasteiger partial charge in [0.15, 0.2) is 11.6 Å². The quantitative estimate of drug-likeness (QED) is 0.113. The van der Waals surface area contributed by atoms with E-state index in [1.165, 1.54) is 7.11 Å². The highest BCUT2D eigenvalue weighted by Crippen LogP contribution is 2.45. The van der Waals surface area contributed by atoms with Crippen LogP contribution in [0, 0.1) is 11.3 Å². The number of anilines is 2. The average molecular weight is 918 g/mol. The summed E-state index contributed by atoms with van der Waals surface area (Å²) in [7, 11) is 1.36. The first-order valence-electron chi connectivity index (χ1n) is 24.3. The van der Waals surface area contributed by atoms with E-state index in [2.05, 4.69) is 40.2 Å². The molecule has 5 aliphatic heterocycles. The highest BCUT2D eigenvalue weighted by Gasteiger charge is 2.48. The molecule has 1 spiro atoms. The Kier molecular flexibility index (Phi) is 14.1. The number of unbranched alkanes of at least 4 members (excludes halogenated alkanes) is 3. The van der Waals surface area contributed by atoms with Crippen LogP contribution in [0.1, 0.15) is 115 Å². The second kappa shape index (κ2) is 20.5. The van der Waals surface area contributed by atoms with Crippen molar-refractivity contribution in [2.75, 3.05) is 82.4 Å². The molecule has 17 heteroatoms. The number of hydrogen-bond donors (Lipinski definition) is 2. The third-order valence-corrected chi connectivity index (χ3v) is 15.0. The Morgan fingerprint density at radius 2 is 1.57 bits per heavy atom. The van der Waals surface area contributed by atoms with Crippen molar-refractivity contribution < 1.29 is 38.2 Å². The molecular weight excluding hydrogens is 855 g/mol. The molecule has 1 unspecified atom stereocenters. The van der Waals surface area contributed by atoms with Gasteiger partial charge in [-0.15, -0.1) is 0 Å². The number of ether oxygens (including phenoxy) is 2. The maximum absolute atomic E-state index is 13.6. The number of nitrogens with zero attached hydrogens (tertiary/aromatic N) is 7. The van der Waals surface area contributed by atoms with E-state index in [1.807, 2.05) is 12.1 Å². The molecule has 1 saturated carbocycles. The lowest BCUT2D eigenvalue weighted by Crippen LogP contribution is -2.61. The minimum atomic E-state index is -0.979. The van der Waals surface area contributed by atoms with Crippen LogP contribution >= 0.6 is 0 Å². The summed E-state index contributed by atoms with van der Waals surface area (Å²) in [6, 6.07) is 11.6. The molecule has 3 aromatic rings. The van der Waals surface area contributed by atoms with E-state index in [-0.39, 0.29) is 30.2 Å². The predicted molar refractivity (Wildman–Crippen MR) is 249 cm³/mol. The van der Waals surface area contributed by atoms with Gasteiger partial charge in [-0.05, 0) is 108 Å². The summed E-state index contributed by atoms with van der Waals surface area (Å²) in [5.74, 6) is 0.121. The number of nitrogens with one attached hydrogen (secondary N) is 2. The Labute approximate surface area is 391 Å². The number of piperazine rings is 1. The molecule has 1 aromatic heterocycles. The zero-order chi connectivity index (χ0) is 46.5. The lowest BCUT2D eigenvalue weighted by molar-refractivity contribution is -0.136. The zero-order valence-corrected chi connectivity index (χ0v) is 38.6. The minimum absolute atomic E-state index is 0.0912. The van der Waals surface area contributed by atoms with Crippen LogP contribution in [-0.4, -0.2) is 145 Å². The van der Waals surface area contributed by atoms with Crippen LogP contribution in [-0.2, 0) is 19.1 Å². The van der Waals surface area contributed by atoms with Crippen molar-refractivity contribution in [2.45, 2.75) is 95.6 Å². The Balaban J connectivity index is 0.621. The second-order valence-electron chi connectivity index (χ2n) is 19.4. The first-order valence-corrected chi connectivity index (χ1v) is 24.3. The molecule has 2 N–H and O–H groups in total. The van der Waals surface area contributed by atoms with E-state index in [0.717, 1.165) is 146 Å². The van der Waals surface area contributed by atoms with Crippen molar-refractivity contribution in [2.24, 2.45) is 11.3 Å². The number of benzene rings is 2. The molecule has 5 fully saturated rings. The Morgan fingerprint density at radius 1 is 0.806 bits per heavy atom. The van der Waals surface area contributed by atoms with Gasteiger partial charge in [0.1, 0.15) is 23.7 Å². The molecule has 0 bridgehead atoms. The number of carbonyl (C=O) groups excluding carboxylic acids is 6. The van der Waals surface area contributed by atoms with E-state index >= 15 is 0 Å². The van der Waals surface area contributed by atoms with Crippen molar-refractivity contribution in [1.29, 1.82) is 0 Å². The number of methoxy groups -OCH3 is 1. The summed E-state index contributed by atoms with van der Waals surface area (Å²) in [6.07, 6.45) is 14.7. The van der Waals surface area contributed by atoms with Gasteiger partial charge in [0.25, 0.3) is 11.8 Å². The molecule has 2 aromatic carbocycles. The third kappa shape index (κ3) is 10.3. The van der Waals surface area contributed by atoms with Crippen LogP contribution in [0.2, 0.25) is 0 Å². The molecule has 1 atom stereocenters. The SMILES string of the molecule is COC(=O)c1ccccc1Oc1cncnc1N1CC2(CCN(CC3CCC(NC(=O)CCCCCCN4CCN(c5cccc6c5C(=O)N(C5CCC(=O)NC5=O)C6=O)CC4)CC3)CC2)C1.